The number of amides is 2. The van der Waals surface area contributed by atoms with Gasteiger partial charge < -0.3 is 26.1 Å². The Morgan fingerprint density at radius 3 is 2.63 bits per heavy atom. The molecule has 1 aromatic heterocycles. The lowest BCUT2D eigenvalue weighted by molar-refractivity contribution is -0.150. The number of carbonyl (C=O) groups excluding carboxylic acids is 2. The molecule has 3 heterocycles. The van der Waals surface area contributed by atoms with E-state index in [1.54, 1.807) is 0 Å². The number of nitrogens with one attached hydrogen (secondary N) is 1. The maximum atomic E-state index is 12.7. The highest BCUT2D eigenvalue weighted by atomic mass is 35.5. The molecule has 0 bridgehead atoms. The number of nitrogen functional groups attached to an aromatic ring is 1. The second kappa shape index (κ2) is 8.67. The molecule has 2 atom stereocenters. The third-order valence-electron chi connectivity index (χ3n) is 3.80. The Bertz CT molecular complexity index is 1010. The molecular formula is C14H11Cl2N5O7S2. The van der Waals surface area contributed by atoms with Crippen LogP contribution < -0.4 is 11.1 Å². The first-order valence-electron chi connectivity index (χ1n) is 7.83. The number of halogens is 2. The topological polar surface area (TPSA) is 185 Å². The molecule has 1 unspecified atom stereocenters. The molecule has 2 amide bonds. The number of carbonyl (C=O) groups is 4. The molecule has 5 N–H and O–H groups in total. The number of rotatable bonds is 7. The van der Waals surface area contributed by atoms with Crippen molar-refractivity contribution in [1.29, 1.82) is 0 Å². The van der Waals surface area contributed by atoms with Gasteiger partial charge in [0.25, 0.3) is 11.8 Å². The molecule has 3 rings (SSSR count). The fourth-order valence-electron chi connectivity index (χ4n) is 2.60. The number of fused-ring (bicyclic) bond motifs is 1. The standard InChI is InChI=1S/C14H11Cl2N5O7S2/c15-3-2-29-12-7(11(25)21(12)8(3)13(26)27)18-10(24)6(20-28-1-4(22)23)5-9(16)30-14(17)19-5/h7,12H,1-2H2,(H2,17,19)(H,18,24)(H,22,23)(H,26,27)/b20-6+/t7?,12-/m1/s1. The second-order valence-electron chi connectivity index (χ2n) is 5.70. The summed E-state index contributed by atoms with van der Waals surface area (Å²) in [7, 11) is 0. The number of thioether (sulfide) groups is 1. The van der Waals surface area contributed by atoms with Crippen molar-refractivity contribution in [2.75, 3.05) is 18.1 Å². The Labute approximate surface area is 185 Å². The van der Waals surface area contributed by atoms with Crippen molar-refractivity contribution >= 4 is 80.9 Å². The van der Waals surface area contributed by atoms with Crippen molar-refractivity contribution in [3.63, 3.8) is 0 Å². The van der Waals surface area contributed by atoms with Crippen LogP contribution >= 0.6 is 46.3 Å². The molecule has 1 saturated heterocycles. The van der Waals surface area contributed by atoms with Crippen LogP contribution in [0.25, 0.3) is 0 Å². The van der Waals surface area contributed by atoms with Crippen molar-refractivity contribution in [3.8, 4) is 0 Å². The van der Waals surface area contributed by atoms with E-state index in [0.29, 0.717) is 0 Å². The SMILES string of the molecule is Nc1nc(/C(=N\OCC(=O)O)C(=O)NC2C(=O)N3C(C(=O)O)=C(Cl)CS[C@H]23)c(Cl)s1. The predicted octanol–water partition coefficient (Wildman–Crippen LogP) is 0.119. The molecule has 30 heavy (non-hydrogen) atoms. The number of carboxylic acid groups (broad SMARTS) is 2. The zero-order chi connectivity index (χ0) is 22.2. The Morgan fingerprint density at radius 1 is 1.37 bits per heavy atom. The van der Waals surface area contributed by atoms with E-state index in [4.69, 9.17) is 34.0 Å². The van der Waals surface area contributed by atoms with Crippen molar-refractivity contribution < 1.29 is 34.2 Å². The van der Waals surface area contributed by atoms with Gasteiger partial charge in [-0.2, -0.15) is 0 Å². The van der Waals surface area contributed by atoms with Gasteiger partial charge in [-0.1, -0.05) is 39.7 Å². The highest BCUT2D eigenvalue weighted by Gasteiger charge is 2.54. The van der Waals surface area contributed by atoms with Crippen LogP contribution in [0.3, 0.4) is 0 Å². The number of hydrogen-bond acceptors (Lipinski definition) is 10. The van der Waals surface area contributed by atoms with Crippen LogP contribution in [0, 0.1) is 0 Å². The zero-order valence-electron chi connectivity index (χ0n) is 14.5. The van der Waals surface area contributed by atoms with Crippen molar-refractivity contribution in [3.05, 3.63) is 20.8 Å². The summed E-state index contributed by atoms with van der Waals surface area (Å²) in [6, 6.07) is -1.08. The molecule has 0 saturated carbocycles. The minimum absolute atomic E-state index is 0.00296. The fourth-order valence-corrected chi connectivity index (χ4v) is 5.08. The minimum Gasteiger partial charge on any atom is -0.479 e. The first kappa shape index (κ1) is 22.1. The van der Waals surface area contributed by atoms with Gasteiger partial charge in [0.1, 0.15) is 27.1 Å². The van der Waals surface area contributed by atoms with Gasteiger partial charge in [0.2, 0.25) is 6.61 Å². The fraction of sp³-hybridized carbons (Fsp3) is 0.286. The van der Waals surface area contributed by atoms with E-state index in [9.17, 15) is 24.3 Å². The number of aliphatic carboxylic acids is 2. The van der Waals surface area contributed by atoms with Crippen molar-refractivity contribution in [2.45, 2.75) is 11.4 Å². The summed E-state index contributed by atoms with van der Waals surface area (Å²) in [5.41, 5.74) is 4.57. The molecule has 2 aliphatic heterocycles. The summed E-state index contributed by atoms with van der Waals surface area (Å²) in [6.45, 7) is -0.839. The van der Waals surface area contributed by atoms with Crippen LogP contribution in [-0.4, -0.2) is 73.3 Å². The van der Waals surface area contributed by atoms with Gasteiger partial charge in [0, 0.05) is 5.75 Å². The monoisotopic (exact) mass is 495 g/mol. The number of thiazole rings is 1. The quantitative estimate of drug-likeness (QED) is 0.230. The zero-order valence-corrected chi connectivity index (χ0v) is 17.6. The number of nitrogens with two attached hydrogens (primary N) is 1. The molecule has 1 aromatic rings. The number of hydrogen-bond donors (Lipinski definition) is 4. The maximum Gasteiger partial charge on any atom is 0.353 e. The number of aromatic nitrogens is 1. The summed E-state index contributed by atoms with van der Waals surface area (Å²) in [5, 5.41) is 23.2. The Morgan fingerprint density at radius 2 is 2.07 bits per heavy atom. The van der Waals surface area contributed by atoms with Crippen LogP contribution in [0.4, 0.5) is 5.13 Å². The van der Waals surface area contributed by atoms with Crippen LogP contribution in [0.1, 0.15) is 5.69 Å². The molecule has 0 radical (unpaired) electrons. The van der Waals surface area contributed by atoms with E-state index in [-0.39, 0.29) is 31.6 Å². The summed E-state index contributed by atoms with van der Waals surface area (Å²) < 4.78 is -0.00296. The van der Waals surface area contributed by atoms with Gasteiger partial charge in [-0.15, -0.1) is 11.8 Å². The molecule has 0 aliphatic carbocycles. The first-order valence-corrected chi connectivity index (χ1v) is 10.4. The normalized spacial score (nSPS) is 21.1. The molecule has 16 heteroatoms. The third-order valence-corrected chi connectivity index (χ3v) is 6.63. The summed E-state index contributed by atoms with van der Waals surface area (Å²) >= 11 is 13.9. The Kier molecular flexibility index (Phi) is 6.40. The van der Waals surface area contributed by atoms with Crippen LogP contribution in [0.15, 0.2) is 15.9 Å². The van der Waals surface area contributed by atoms with E-state index in [2.05, 4.69) is 20.3 Å². The summed E-state index contributed by atoms with van der Waals surface area (Å²) in [5.74, 6) is -4.19. The lowest BCUT2D eigenvalue weighted by atomic mass is 10.0. The highest BCUT2D eigenvalue weighted by Crippen LogP contribution is 2.41. The third kappa shape index (κ3) is 4.16. The lowest BCUT2D eigenvalue weighted by Crippen LogP contribution is -2.71. The van der Waals surface area contributed by atoms with Crippen LogP contribution in [0.2, 0.25) is 4.34 Å². The molecule has 2 aliphatic rings. The summed E-state index contributed by atoms with van der Waals surface area (Å²) in [4.78, 5) is 56.7. The molecule has 1 fully saturated rings. The van der Waals surface area contributed by atoms with E-state index < -0.39 is 47.5 Å². The number of anilines is 1. The average molecular weight is 496 g/mol. The van der Waals surface area contributed by atoms with Crippen LogP contribution in [0.5, 0.6) is 0 Å². The maximum absolute atomic E-state index is 12.7. The number of oxime groups is 1. The number of nitrogens with zero attached hydrogens (tertiary/aromatic N) is 3. The van der Waals surface area contributed by atoms with E-state index in [0.717, 1.165) is 28.0 Å². The molecule has 160 valence electrons. The first-order chi connectivity index (χ1) is 14.1. The van der Waals surface area contributed by atoms with Gasteiger partial charge in [-0.25, -0.2) is 14.6 Å². The molecule has 0 spiro atoms. The van der Waals surface area contributed by atoms with Crippen LogP contribution in [-0.2, 0) is 24.0 Å². The summed E-state index contributed by atoms with van der Waals surface area (Å²) in [6.07, 6.45) is 0. The predicted molar refractivity (Wildman–Crippen MR) is 107 cm³/mol. The molecule has 0 aromatic carbocycles. The van der Waals surface area contributed by atoms with Gasteiger partial charge >= 0.3 is 11.9 Å². The number of β-lactam (4-membered cyclic amide) rings is 1. The van der Waals surface area contributed by atoms with Gasteiger partial charge in [0.05, 0.1) is 5.03 Å². The second-order valence-corrected chi connectivity index (χ2v) is 8.90. The Balaban J connectivity index is 1.82. The molecule has 12 nitrogen and oxygen atoms in total. The number of carboxylic acids is 2. The van der Waals surface area contributed by atoms with Gasteiger partial charge in [0.15, 0.2) is 10.8 Å². The van der Waals surface area contributed by atoms with Gasteiger partial charge in [-0.3, -0.25) is 14.5 Å². The average Bonchev–Trinajstić information content (AvgIpc) is 3.00. The highest BCUT2D eigenvalue weighted by molar-refractivity contribution is 8.00. The van der Waals surface area contributed by atoms with E-state index >= 15 is 0 Å². The van der Waals surface area contributed by atoms with E-state index in [1.807, 2.05) is 0 Å². The Hall–Kier alpha value is -2.55. The molecular weight excluding hydrogens is 485 g/mol. The van der Waals surface area contributed by atoms with Crippen molar-refractivity contribution in [2.24, 2.45) is 5.16 Å². The van der Waals surface area contributed by atoms with Crippen molar-refractivity contribution in [1.82, 2.24) is 15.2 Å². The lowest BCUT2D eigenvalue weighted by Gasteiger charge is -2.48. The van der Waals surface area contributed by atoms with E-state index in [1.165, 1.54) is 0 Å². The smallest absolute Gasteiger partial charge is 0.353 e. The minimum atomic E-state index is -1.36. The largest absolute Gasteiger partial charge is 0.479 e. The van der Waals surface area contributed by atoms with Gasteiger partial charge in [-0.05, 0) is 0 Å².